The molecule has 28 heavy (non-hydrogen) atoms. The SMILES string of the molecule is O=c1[nH]cc(C[P+](c2ccccc2)(c2ccccc2)c2ccccc2)c(=O)[nH]1. The molecule has 0 aliphatic heterocycles. The van der Waals surface area contributed by atoms with Crippen LogP contribution in [0.3, 0.4) is 0 Å². The molecule has 0 aliphatic carbocycles. The smallest absolute Gasteiger partial charge is 0.314 e. The summed E-state index contributed by atoms with van der Waals surface area (Å²) in [5.41, 5.74) is -0.253. The molecule has 1 heterocycles. The first kappa shape index (κ1) is 18.1. The summed E-state index contributed by atoms with van der Waals surface area (Å²) in [6, 6.07) is 31.0. The Labute approximate surface area is 163 Å². The van der Waals surface area contributed by atoms with Gasteiger partial charge < -0.3 is 4.98 Å². The first-order valence-electron chi connectivity index (χ1n) is 9.06. The van der Waals surface area contributed by atoms with Crippen LogP contribution in [-0.2, 0) is 6.16 Å². The Morgan fingerprint density at radius 2 is 1.07 bits per heavy atom. The monoisotopic (exact) mass is 387 g/mol. The molecular weight excluding hydrogens is 367 g/mol. The highest BCUT2D eigenvalue weighted by Gasteiger charge is 2.45. The summed E-state index contributed by atoms with van der Waals surface area (Å²) in [6.07, 6.45) is 2.07. The van der Waals surface area contributed by atoms with Crippen LogP contribution in [0.1, 0.15) is 5.56 Å². The van der Waals surface area contributed by atoms with E-state index in [9.17, 15) is 9.59 Å². The maximum atomic E-state index is 12.6. The van der Waals surface area contributed by atoms with Crippen molar-refractivity contribution in [3.05, 3.63) is 124 Å². The van der Waals surface area contributed by atoms with Gasteiger partial charge >= 0.3 is 5.69 Å². The lowest BCUT2D eigenvalue weighted by atomic mass is 10.3. The van der Waals surface area contributed by atoms with E-state index in [-0.39, 0.29) is 5.56 Å². The lowest BCUT2D eigenvalue weighted by Crippen LogP contribution is -2.35. The summed E-state index contributed by atoms with van der Waals surface area (Å²) < 4.78 is 0. The van der Waals surface area contributed by atoms with Gasteiger partial charge in [0.2, 0.25) is 0 Å². The topological polar surface area (TPSA) is 65.7 Å². The highest BCUT2D eigenvalue weighted by Crippen LogP contribution is 2.57. The number of nitrogens with one attached hydrogen (secondary N) is 2. The fourth-order valence-corrected chi connectivity index (χ4v) is 7.81. The van der Waals surface area contributed by atoms with Crippen LogP contribution in [0.25, 0.3) is 0 Å². The van der Waals surface area contributed by atoms with Gasteiger partial charge in [0.15, 0.2) is 0 Å². The highest BCUT2D eigenvalue weighted by atomic mass is 31.2. The van der Waals surface area contributed by atoms with Gasteiger partial charge in [0.05, 0.1) is 5.56 Å². The second-order valence-electron chi connectivity index (χ2n) is 6.57. The molecule has 0 saturated heterocycles. The van der Waals surface area contributed by atoms with Crippen LogP contribution < -0.4 is 27.2 Å². The zero-order chi connectivity index (χ0) is 19.4. The van der Waals surface area contributed by atoms with Crippen molar-refractivity contribution in [3.63, 3.8) is 0 Å². The van der Waals surface area contributed by atoms with Crippen molar-refractivity contribution in [3.8, 4) is 0 Å². The Bertz CT molecular complexity index is 1070. The lowest BCUT2D eigenvalue weighted by Gasteiger charge is -2.27. The minimum absolute atomic E-state index is 0.337. The average Bonchev–Trinajstić information content (AvgIpc) is 2.75. The molecule has 138 valence electrons. The van der Waals surface area contributed by atoms with E-state index >= 15 is 0 Å². The number of hydrogen-bond donors (Lipinski definition) is 2. The normalized spacial score (nSPS) is 11.3. The Morgan fingerprint density at radius 1 is 0.643 bits per heavy atom. The average molecular weight is 387 g/mol. The van der Waals surface area contributed by atoms with E-state index in [1.807, 2.05) is 54.6 Å². The molecule has 1 aromatic heterocycles. The Hall–Kier alpha value is -3.23. The predicted octanol–water partition coefficient (Wildman–Crippen LogP) is 2.56. The van der Waals surface area contributed by atoms with Gasteiger partial charge in [-0.1, -0.05) is 54.6 Å². The minimum Gasteiger partial charge on any atom is -0.314 e. The summed E-state index contributed by atoms with van der Waals surface area (Å²) >= 11 is 0. The third-order valence-corrected chi connectivity index (χ3v) is 9.25. The molecule has 0 aliphatic rings. The third-order valence-electron chi connectivity index (χ3n) is 4.89. The summed E-state index contributed by atoms with van der Waals surface area (Å²) in [5, 5.41) is 3.58. The van der Waals surface area contributed by atoms with E-state index in [2.05, 4.69) is 46.4 Å². The molecule has 4 aromatic rings. The second kappa shape index (κ2) is 7.79. The van der Waals surface area contributed by atoms with Crippen molar-refractivity contribution in [2.24, 2.45) is 0 Å². The predicted molar refractivity (Wildman–Crippen MR) is 117 cm³/mol. The molecule has 3 aromatic carbocycles. The molecule has 0 amide bonds. The Kier molecular flexibility index (Phi) is 5.05. The second-order valence-corrected chi connectivity index (χ2v) is 10.1. The van der Waals surface area contributed by atoms with Gasteiger partial charge in [-0.25, -0.2) is 4.79 Å². The van der Waals surface area contributed by atoms with Crippen molar-refractivity contribution < 1.29 is 0 Å². The molecule has 0 fully saturated rings. The largest absolute Gasteiger partial charge is 0.325 e. The first-order valence-corrected chi connectivity index (χ1v) is 11.0. The Morgan fingerprint density at radius 3 is 1.46 bits per heavy atom. The van der Waals surface area contributed by atoms with E-state index in [0.717, 1.165) is 0 Å². The maximum Gasteiger partial charge on any atom is 0.325 e. The van der Waals surface area contributed by atoms with E-state index in [4.69, 9.17) is 0 Å². The van der Waals surface area contributed by atoms with Crippen LogP contribution in [0, 0.1) is 0 Å². The first-order chi connectivity index (χ1) is 13.7. The third kappa shape index (κ3) is 3.35. The quantitative estimate of drug-likeness (QED) is 0.517. The van der Waals surface area contributed by atoms with Gasteiger partial charge in [-0.15, -0.1) is 0 Å². The minimum atomic E-state index is -2.16. The molecule has 0 saturated carbocycles. The van der Waals surface area contributed by atoms with Gasteiger partial charge in [-0.2, -0.15) is 0 Å². The fourth-order valence-electron chi connectivity index (χ4n) is 3.58. The number of aromatic nitrogens is 2. The summed E-state index contributed by atoms with van der Waals surface area (Å²) in [7, 11) is -2.16. The summed E-state index contributed by atoms with van der Waals surface area (Å²) in [4.78, 5) is 29.1. The van der Waals surface area contributed by atoms with Crippen molar-refractivity contribution in [2.75, 3.05) is 0 Å². The van der Waals surface area contributed by atoms with E-state index in [0.29, 0.717) is 11.7 Å². The van der Waals surface area contributed by atoms with Crippen LogP contribution in [-0.4, -0.2) is 9.97 Å². The van der Waals surface area contributed by atoms with E-state index in [1.54, 1.807) is 6.20 Å². The molecular formula is C23H20N2O2P+. The molecule has 0 unspecified atom stereocenters. The standard InChI is InChI=1S/C23H19N2O2P/c26-22-18(16-24-23(27)25-22)17-28(19-10-4-1-5-11-19,20-12-6-2-7-13-20)21-14-8-3-9-15-21/h1-16H,17H2,(H-,24,25,26,27)/p+1. The van der Waals surface area contributed by atoms with Crippen molar-refractivity contribution in [1.82, 2.24) is 9.97 Å². The van der Waals surface area contributed by atoms with Crippen LogP contribution in [0.15, 0.2) is 107 Å². The number of rotatable bonds is 5. The number of hydrogen-bond acceptors (Lipinski definition) is 2. The molecule has 0 bridgehead atoms. The van der Waals surface area contributed by atoms with E-state index < -0.39 is 13.0 Å². The molecule has 2 N–H and O–H groups in total. The number of benzene rings is 3. The van der Waals surface area contributed by atoms with Gasteiger partial charge in [0.25, 0.3) is 5.56 Å². The number of aromatic amines is 2. The molecule has 4 rings (SSSR count). The highest BCUT2D eigenvalue weighted by molar-refractivity contribution is 7.95. The van der Waals surface area contributed by atoms with Crippen LogP contribution in [0.2, 0.25) is 0 Å². The molecule has 0 radical (unpaired) electrons. The van der Waals surface area contributed by atoms with Crippen LogP contribution >= 0.6 is 7.26 Å². The van der Waals surface area contributed by atoms with Gasteiger partial charge in [-0.3, -0.25) is 9.78 Å². The zero-order valence-corrected chi connectivity index (χ0v) is 16.1. The van der Waals surface area contributed by atoms with Gasteiger partial charge in [0, 0.05) is 6.20 Å². The maximum absolute atomic E-state index is 12.6. The van der Waals surface area contributed by atoms with Gasteiger partial charge in [-0.05, 0) is 36.4 Å². The molecule has 4 nitrogen and oxygen atoms in total. The number of H-pyrrole nitrogens is 2. The van der Waals surface area contributed by atoms with Crippen molar-refractivity contribution in [1.29, 1.82) is 0 Å². The lowest BCUT2D eigenvalue weighted by molar-refractivity contribution is 0.999. The summed E-state index contributed by atoms with van der Waals surface area (Å²) in [6.45, 7) is 0. The van der Waals surface area contributed by atoms with Crippen molar-refractivity contribution in [2.45, 2.75) is 6.16 Å². The van der Waals surface area contributed by atoms with Gasteiger partial charge in [0.1, 0.15) is 29.3 Å². The van der Waals surface area contributed by atoms with Crippen LogP contribution in [0.4, 0.5) is 0 Å². The molecule has 0 spiro atoms. The Balaban J connectivity index is 2.03. The molecule has 0 atom stereocenters. The molecule has 5 heteroatoms. The summed E-state index contributed by atoms with van der Waals surface area (Å²) in [5.74, 6) is 0. The fraction of sp³-hybridized carbons (Fsp3) is 0.0435. The van der Waals surface area contributed by atoms with E-state index in [1.165, 1.54) is 15.9 Å². The zero-order valence-electron chi connectivity index (χ0n) is 15.2. The van der Waals surface area contributed by atoms with Crippen molar-refractivity contribution >= 4 is 23.2 Å². The van der Waals surface area contributed by atoms with Crippen LogP contribution in [0.5, 0.6) is 0 Å².